The van der Waals surface area contributed by atoms with Gasteiger partial charge in [-0.2, -0.15) is 5.26 Å². The second-order valence-electron chi connectivity index (χ2n) is 5.98. The number of esters is 1. The maximum Gasteiger partial charge on any atom is 0.340 e. The molecule has 3 rings (SSSR count). The van der Waals surface area contributed by atoms with Crippen LogP contribution in [-0.2, 0) is 22.4 Å². The summed E-state index contributed by atoms with van der Waals surface area (Å²) in [4.78, 5) is 25.9. The van der Waals surface area contributed by atoms with Gasteiger partial charge in [0.05, 0.1) is 17.2 Å². The first-order valence-electron chi connectivity index (χ1n) is 8.19. The fraction of sp³-hybridized carbons (Fsp3) is 0.316. The Balaban J connectivity index is 1.62. The Hall–Kier alpha value is -2.65. The van der Waals surface area contributed by atoms with Crippen LogP contribution >= 0.6 is 11.3 Å². The highest BCUT2D eigenvalue weighted by Crippen LogP contribution is 2.30. The molecule has 0 saturated carbocycles. The zero-order valence-electron chi connectivity index (χ0n) is 13.9. The zero-order chi connectivity index (χ0) is 17.8. The van der Waals surface area contributed by atoms with Crippen LogP contribution in [0.5, 0.6) is 0 Å². The van der Waals surface area contributed by atoms with Gasteiger partial charge in [-0.05, 0) is 62.4 Å². The third kappa shape index (κ3) is 3.89. The summed E-state index contributed by atoms with van der Waals surface area (Å²) in [5.41, 5.74) is 2.75. The van der Waals surface area contributed by atoms with E-state index in [4.69, 9.17) is 10.00 Å². The second kappa shape index (κ2) is 7.49. The van der Waals surface area contributed by atoms with Gasteiger partial charge in [0.1, 0.15) is 0 Å². The van der Waals surface area contributed by atoms with Gasteiger partial charge in [0.15, 0.2) is 6.10 Å². The molecule has 128 valence electrons. The minimum Gasteiger partial charge on any atom is -0.449 e. The van der Waals surface area contributed by atoms with E-state index in [0.29, 0.717) is 16.8 Å². The molecule has 0 unspecified atom stereocenters. The third-order valence-corrected chi connectivity index (χ3v) is 5.30. The molecule has 5 nitrogen and oxygen atoms in total. The van der Waals surface area contributed by atoms with Crippen LogP contribution in [0.3, 0.4) is 0 Å². The number of fused-ring (bicyclic) bond motifs is 1. The predicted octanol–water partition coefficient (Wildman–Crippen LogP) is 3.68. The predicted molar refractivity (Wildman–Crippen MR) is 95.6 cm³/mol. The highest BCUT2D eigenvalue weighted by atomic mass is 32.1. The number of nitrogens with one attached hydrogen (secondary N) is 1. The van der Waals surface area contributed by atoms with Gasteiger partial charge < -0.3 is 10.1 Å². The topological polar surface area (TPSA) is 79.2 Å². The normalized spacial score (nSPS) is 14.1. The third-order valence-electron chi connectivity index (χ3n) is 4.22. The highest BCUT2D eigenvalue weighted by Gasteiger charge is 2.24. The fourth-order valence-corrected chi connectivity index (χ4v) is 3.93. The number of nitrogens with zero attached hydrogens (tertiary/aromatic N) is 1. The van der Waals surface area contributed by atoms with Gasteiger partial charge in [-0.15, -0.1) is 11.3 Å². The molecule has 25 heavy (non-hydrogen) atoms. The van der Waals surface area contributed by atoms with Crippen LogP contribution in [0.15, 0.2) is 29.6 Å². The molecule has 0 saturated heterocycles. The fourth-order valence-electron chi connectivity index (χ4n) is 2.81. The molecular weight excluding hydrogens is 336 g/mol. The number of thiophene rings is 1. The van der Waals surface area contributed by atoms with E-state index < -0.39 is 18.0 Å². The Labute approximate surface area is 150 Å². The Morgan fingerprint density at radius 2 is 1.96 bits per heavy atom. The number of aryl methyl sites for hydroxylation is 1. The minimum atomic E-state index is -0.901. The van der Waals surface area contributed by atoms with Crippen molar-refractivity contribution in [3.63, 3.8) is 0 Å². The molecular formula is C19H18N2O3S. The molecule has 0 fully saturated rings. The quantitative estimate of drug-likeness (QED) is 0.850. The van der Waals surface area contributed by atoms with Gasteiger partial charge in [0.25, 0.3) is 5.91 Å². The van der Waals surface area contributed by atoms with Crippen LogP contribution in [0, 0.1) is 11.3 Å². The molecule has 1 aromatic heterocycles. The average Bonchev–Trinajstić information content (AvgIpc) is 3.06. The number of carbonyl (C=O) groups is 2. The SMILES string of the molecule is C[C@@H](OC(=O)c1csc2c1CCCC2)C(=O)Nc1ccc(C#N)cc1. The molecule has 1 N–H and O–H groups in total. The molecule has 0 radical (unpaired) electrons. The first-order chi connectivity index (χ1) is 12.1. The lowest BCUT2D eigenvalue weighted by Crippen LogP contribution is -2.30. The summed E-state index contributed by atoms with van der Waals surface area (Å²) in [5.74, 6) is -0.843. The van der Waals surface area contributed by atoms with Crippen molar-refractivity contribution in [2.24, 2.45) is 0 Å². The van der Waals surface area contributed by atoms with E-state index in [2.05, 4.69) is 5.32 Å². The number of nitriles is 1. The molecule has 1 heterocycles. The molecule has 2 aromatic rings. The molecule has 1 aromatic carbocycles. The number of ether oxygens (including phenoxy) is 1. The molecule has 0 spiro atoms. The average molecular weight is 354 g/mol. The number of hydrogen-bond donors (Lipinski definition) is 1. The van der Waals surface area contributed by atoms with Crippen molar-refractivity contribution in [2.45, 2.75) is 38.7 Å². The van der Waals surface area contributed by atoms with Crippen molar-refractivity contribution >= 4 is 28.9 Å². The number of rotatable bonds is 4. The van der Waals surface area contributed by atoms with Crippen molar-refractivity contribution in [1.82, 2.24) is 0 Å². The molecule has 1 aliphatic carbocycles. The van der Waals surface area contributed by atoms with Crippen molar-refractivity contribution in [3.05, 3.63) is 51.2 Å². The van der Waals surface area contributed by atoms with Gasteiger partial charge in [-0.25, -0.2) is 4.79 Å². The van der Waals surface area contributed by atoms with Crippen LogP contribution in [0.25, 0.3) is 0 Å². The number of anilines is 1. The second-order valence-corrected chi connectivity index (χ2v) is 6.95. The summed E-state index contributed by atoms with van der Waals surface area (Å²) in [5, 5.41) is 13.3. The standard InChI is InChI=1S/C19H18N2O3S/c1-12(18(22)21-14-8-6-13(10-20)7-9-14)24-19(23)16-11-25-17-5-3-2-4-15(16)17/h6-9,11-12H,2-5H2,1H3,(H,21,22)/t12-/m1/s1. The number of hydrogen-bond acceptors (Lipinski definition) is 5. The summed E-state index contributed by atoms with van der Waals surface area (Å²) in [7, 11) is 0. The van der Waals surface area contributed by atoms with E-state index in [-0.39, 0.29) is 0 Å². The Morgan fingerprint density at radius 3 is 2.68 bits per heavy atom. The monoisotopic (exact) mass is 354 g/mol. The number of amides is 1. The maximum absolute atomic E-state index is 12.4. The number of benzene rings is 1. The van der Waals surface area contributed by atoms with Crippen LogP contribution in [-0.4, -0.2) is 18.0 Å². The lowest BCUT2D eigenvalue weighted by atomic mass is 9.96. The van der Waals surface area contributed by atoms with Crippen LogP contribution < -0.4 is 5.32 Å². The Kier molecular flexibility index (Phi) is 5.15. The van der Waals surface area contributed by atoms with E-state index >= 15 is 0 Å². The molecule has 1 atom stereocenters. The largest absolute Gasteiger partial charge is 0.449 e. The van der Waals surface area contributed by atoms with E-state index in [0.717, 1.165) is 31.2 Å². The van der Waals surface area contributed by atoms with Crippen molar-refractivity contribution in [2.75, 3.05) is 5.32 Å². The van der Waals surface area contributed by atoms with Gasteiger partial charge in [-0.3, -0.25) is 4.79 Å². The van der Waals surface area contributed by atoms with Crippen LogP contribution in [0.4, 0.5) is 5.69 Å². The van der Waals surface area contributed by atoms with E-state index in [9.17, 15) is 9.59 Å². The summed E-state index contributed by atoms with van der Waals surface area (Å²) in [6, 6.07) is 8.52. The van der Waals surface area contributed by atoms with Crippen molar-refractivity contribution < 1.29 is 14.3 Å². The van der Waals surface area contributed by atoms with E-state index in [1.165, 1.54) is 4.88 Å². The van der Waals surface area contributed by atoms with Crippen molar-refractivity contribution in [1.29, 1.82) is 5.26 Å². The van der Waals surface area contributed by atoms with Gasteiger partial charge in [0, 0.05) is 15.9 Å². The first-order valence-corrected chi connectivity index (χ1v) is 9.07. The Bertz CT molecular complexity index is 833. The summed E-state index contributed by atoms with van der Waals surface area (Å²) < 4.78 is 5.34. The first kappa shape index (κ1) is 17.2. The Morgan fingerprint density at radius 1 is 1.24 bits per heavy atom. The molecule has 6 heteroatoms. The maximum atomic E-state index is 12.4. The summed E-state index contributed by atoms with van der Waals surface area (Å²) in [6.07, 6.45) is 3.25. The van der Waals surface area contributed by atoms with Crippen molar-refractivity contribution in [3.8, 4) is 6.07 Å². The minimum absolute atomic E-state index is 0.401. The summed E-state index contributed by atoms with van der Waals surface area (Å²) >= 11 is 1.59. The van der Waals surface area contributed by atoms with Gasteiger partial charge >= 0.3 is 5.97 Å². The van der Waals surface area contributed by atoms with Crippen LogP contribution in [0.2, 0.25) is 0 Å². The molecule has 1 amide bonds. The molecule has 1 aliphatic rings. The smallest absolute Gasteiger partial charge is 0.340 e. The van der Waals surface area contributed by atoms with Gasteiger partial charge in [-0.1, -0.05) is 0 Å². The van der Waals surface area contributed by atoms with Crippen LogP contribution in [0.1, 0.15) is 46.1 Å². The number of carbonyl (C=O) groups excluding carboxylic acids is 2. The van der Waals surface area contributed by atoms with E-state index in [1.54, 1.807) is 42.5 Å². The lowest BCUT2D eigenvalue weighted by Gasteiger charge is -2.15. The van der Waals surface area contributed by atoms with Gasteiger partial charge in [0.2, 0.25) is 0 Å². The summed E-state index contributed by atoms with van der Waals surface area (Å²) in [6.45, 7) is 1.55. The zero-order valence-corrected chi connectivity index (χ0v) is 14.7. The lowest BCUT2D eigenvalue weighted by molar-refractivity contribution is -0.123. The highest BCUT2D eigenvalue weighted by molar-refractivity contribution is 7.10. The van der Waals surface area contributed by atoms with E-state index in [1.807, 2.05) is 11.4 Å². The molecule has 0 aliphatic heterocycles. The molecule has 0 bridgehead atoms.